The third-order valence-electron chi connectivity index (χ3n) is 3.07. The second-order valence-electron chi connectivity index (χ2n) is 4.69. The molecule has 0 spiro atoms. The Bertz CT molecular complexity index is 369. The molecule has 1 aromatic carbocycles. The molecule has 0 heterocycles. The fourth-order valence-electron chi connectivity index (χ4n) is 2.29. The molecule has 0 aliphatic heterocycles. The van der Waals surface area contributed by atoms with Crippen LogP contribution < -0.4 is 4.74 Å². The monoisotopic (exact) mass is 376 g/mol. The SMILES string of the molecule is CC(Oc1cc(Br)cc(Br)c1)OC1CCCCC1. The van der Waals surface area contributed by atoms with Gasteiger partial charge in [-0.2, -0.15) is 0 Å². The molecule has 1 saturated carbocycles. The van der Waals surface area contributed by atoms with Crippen molar-refractivity contribution in [3.05, 3.63) is 27.1 Å². The van der Waals surface area contributed by atoms with E-state index in [-0.39, 0.29) is 6.29 Å². The first-order chi connectivity index (χ1) is 8.63. The van der Waals surface area contributed by atoms with E-state index in [4.69, 9.17) is 9.47 Å². The molecule has 2 nitrogen and oxygen atoms in total. The van der Waals surface area contributed by atoms with Gasteiger partial charge in [0.05, 0.1) is 6.10 Å². The third kappa shape index (κ3) is 4.56. The summed E-state index contributed by atoms with van der Waals surface area (Å²) < 4.78 is 13.7. The van der Waals surface area contributed by atoms with Gasteiger partial charge in [-0.25, -0.2) is 0 Å². The third-order valence-corrected chi connectivity index (χ3v) is 3.99. The Morgan fingerprint density at radius 1 is 1.06 bits per heavy atom. The fourth-order valence-corrected chi connectivity index (χ4v) is 3.54. The first kappa shape index (κ1) is 14.4. The molecule has 1 aromatic rings. The van der Waals surface area contributed by atoms with Gasteiger partial charge in [0.25, 0.3) is 0 Å². The molecule has 0 aromatic heterocycles. The van der Waals surface area contributed by atoms with Gasteiger partial charge in [-0.1, -0.05) is 51.1 Å². The molecule has 18 heavy (non-hydrogen) atoms. The lowest BCUT2D eigenvalue weighted by molar-refractivity contribution is -0.116. The zero-order valence-corrected chi connectivity index (χ0v) is 13.7. The lowest BCUT2D eigenvalue weighted by Gasteiger charge is -2.26. The molecule has 1 aliphatic rings. The van der Waals surface area contributed by atoms with Gasteiger partial charge in [-0.15, -0.1) is 0 Å². The van der Waals surface area contributed by atoms with Crippen LogP contribution in [-0.4, -0.2) is 12.4 Å². The van der Waals surface area contributed by atoms with E-state index in [1.165, 1.54) is 19.3 Å². The maximum absolute atomic E-state index is 5.92. The largest absolute Gasteiger partial charge is 0.465 e. The molecule has 1 fully saturated rings. The fraction of sp³-hybridized carbons (Fsp3) is 0.571. The predicted molar refractivity (Wildman–Crippen MR) is 79.9 cm³/mol. The van der Waals surface area contributed by atoms with Crippen molar-refractivity contribution in [2.45, 2.75) is 51.4 Å². The summed E-state index contributed by atoms with van der Waals surface area (Å²) in [7, 11) is 0. The van der Waals surface area contributed by atoms with Crippen LogP contribution in [-0.2, 0) is 4.74 Å². The summed E-state index contributed by atoms with van der Waals surface area (Å²) in [5.74, 6) is 0.819. The molecule has 0 N–H and O–H groups in total. The van der Waals surface area contributed by atoms with Crippen LogP contribution in [0, 0.1) is 0 Å². The summed E-state index contributed by atoms with van der Waals surface area (Å²) in [4.78, 5) is 0. The highest BCUT2D eigenvalue weighted by molar-refractivity contribution is 9.11. The maximum Gasteiger partial charge on any atom is 0.197 e. The van der Waals surface area contributed by atoms with Crippen LogP contribution in [0.4, 0.5) is 0 Å². The van der Waals surface area contributed by atoms with E-state index < -0.39 is 0 Å². The molecular weight excluding hydrogens is 360 g/mol. The minimum Gasteiger partial charge on any atom is -0.465 e. The van der Waals surface area contributed by atoms with Crippen molar-refractivity contribution in [1.82, 2.24) is 0 Å². The Hall–Kier alpha value is -0.0600. The summed E-state index contributed by atoms with van der Waals surface area (Å²) in [6.07, 6.45) is 6.39. The van der Waals surface area contributed by atoms with E-state index in [1.807, 2.05) is 25.1 Å². The van der Waals surface area contributed by atoms with Crippen molar-refractivity contribution in [2.75, 3.05) is 0 Å². The van der Waals surface area contributed by atoms with Crippen LogP contribution in [0.3, 0.4) is 0 Å². The van der Waals surface area contributed by atoms with Gasteiger partial charge >= 0.3 is 0 Å². The van der Waals surface area contributed by atoms with E-state index in [2.05, 4.69) is 31.9 Å². The van der Waals surface area contributed by atoms with Crippen LogP contribution in [0.5, 0.6) is 5.75 Å². The van der Waals surface area contributed by atoms with Crippen molar-refractivity contribution in [2.24, 2.45) is 0 Å². The molecule has 0 saturated heterocycles. The summed E-state index contributed by atoms with van der Waals surface area (Å²) in [5.41, 5.74) is 0. The molecule has 1 aliphatic carbocycles. The highest BCUT2D eigenvalue weighted by atomic mass is 79.9. The normalized spacial score (nSPS) is 18.6. The van der Waals surface area contributed by atoms with E-state index in [9.17, 15) is 0 Å². The lowest BCUT2D eigenvalue weighted by atomic mass is 9.98. The van der Waals surface area contributed by atoms with Crippen molar-refractivity contribution in [3.63, 3.8) is 0 Å². The summed E-state index contributed by atoms with van der Waals surface area (Å²) in [5, 5.41) is 0. The molecule has 4 heteroatoms. The van der Waals surface area contributed by atoms with E-state index in [0.717, 1.165) is 27.5 Å². The molecule has 0 bridgehead atoms. The van der Waals surface area contributed by atoms with Gasteiger partial charge in [-0.3, -0.25) is 0 Å². The van der Waals surface area contributed by atoms with Crippen LogP contribution in [0.25, 0.3) is 0 Å². The highest BCUT2D eigenvalue weighted by Gasteiger charge is 2.17. The number of ether oxygens (including phenoxy) is 2. The first-order valence-corrected chi connectivity index (χ1v) is 8.00. The number of hydrogen-bond acceptors (Lipinski definition) is 2. The van der Waals surface area contributed by atoms with Crippen LogP contribution in [0.2, 0.25) is 0 Å². The quantitative estimate of drug-likeness (QED) is 0.664. The minimum atomic E-state index is -0.200. The Labute approximate surface area is 125 Å². The molecule has 1 atom stereocenters. The lowest BCUT2D eigenvalue weighted by Crippen LogP contribution is -2.26. The average Bonchev–Trinajstić information content (AvgIpc) is 2.28. The highest BCUT2D eigenvalue weighted by Crippen LogP contribution is 2.27. The number of rotatable bonds is 4. The molecule has 0 radical (unpaired) electrons. The molecular formula is C14H18Br2O2. The van der Waals surface area contributed by atoms with E-state index >= 15 is 0 Å². The average molecular weight is 378 g/mol. The molecule has 0 amide bonds. The van der Waals surface area contributed by atoms with Crippen molar-refractivity contribution >= 4 is 31.9 Å². The maximum atomic E-state index is 5.92. The van der Waals surface area contributed by atoms with Crippen LogP contribution in [0.15, 0.2) is 27.1 Å². The first-order valence-electron chi connectivity index (χ1n) is 6.42. The number of hydrogen-bond donors (Lipinski definition) is 0. The summed E-state index contributed by atoms with van der Waals surface area (Å²) in [6.45, 7) is 1.96. The van der Waals surface area contributed by atoms with E-state index in [1.54, 1.807) is 0 Å². The Morgan fingerprint density at radius 2 is 1.67 bits per heavy atom. The second-order valence-corrected chi connectivity index (χ2v) is 6.52. The van der Waals surface area contributed by atoms with Gasteiger partial charge in [0.1, 0.15) is 5.75 Å². The summed E-state index contributed by atoms with van der Waals surface area (Å²) >= 11 is 6.90. The molecule has 100 valence electrons. The molecule has 1 unspecified atom stereocenters. The van der Waals surface area contributed by atoms with Gasteiger partial charge in [-0.05, 0) is 38.0 Å². The van der Waals surface area contributed by atoms with Gasteiger partial charge < -0.3 is 9.47 Å². The van der Waals surface area contributed by atoms with Crippen LogP contribution >= 0.6 is 31.9 Å². The second kappa shape index (κ2) is 6.92. The smallest absolute Gasteiger partial charge is 0.197 e. The Balaban J connectivity index is 1.87. The molecule has 2 rings (SSSR count). The number of benzene rings is 1. The zero-order chi connectivity index (χ0) is 13.0. The van der Waals surface area contributed by atoms with Gasteiger partial charge in [0.2, 0.25) is 0 Å². The Morgan fingerprint density at radius 3 is 2.28 bits per heavy atom. The van der Waals surface area contributed by atoms with E-state index in [0.29, 0.717) is 6.10 Å². The summed E-state index contributed by atoms with van der Waals surface area (Å²) in [6, 6.07) is 5.89. The van der Waals surface area contributed by atoms with Gasteiger partial charge in [0, 0.05) is 8.95 Å². The van der Waals surface area contributed by atoms with Crippen molar-refractivity contribution in [3.8, 4) is 5.75 Å². The Kier molecular flexibility index (Phi) is 5.52. The van der Waals surface area contributed by atoms with Crippen molar-refractivity contribution in [1.29, 1.82) is 0 Å². The van der Waals surface area contributed by atoms with Crippen LogP contribution in [0.1, 0.15) is 39.0 Å². The number of halogens is 2. The van der Waals surface area contributed by atoms with Crippen molar-refractivity contribution < 1.29 is 9.47 Å². The topological polar surface area (TPSA) is 18.5 Å². The van der Waals surface area contributed by atoms with Gasteiger partial charge in [0.15, 0.2) is 6.29 Å². The standard InChI is InChI=1S/C14H18Br2O2/c1-10(17-13-5-3-2-4-6-13)18-14-8-11(15)7-12(16)9-14/h7-10,13H,2-6H2,1H3. The zero-order valence-electron chi connectivity index (χ0n) is 10.5. The predicted octanol–water partition coefficient (Wildman–Crippen LogP) is 5.29. The minimum absolute atomic E-state index is 0.200.